The van der Waals surface area contributed by atoms with Crippen LogP contribution in [-0.4, -0.2) is 19.6 Å². The zero-order valence-corrected chi connectivity index (χ0v) is 35.1. The van der Waals surface area contributed by atoms with Crippen LogP contribution >= 0.6 is 0 Å². The first kappa shape index (κ1) is 38.0. The Bertz CT molecular complexity index is 2670. The van der Waals surface area contributed by atoms with Gasteiger partial charge in [0.1, 0.15) is 5.82 Å². The van der Waals surface area contributed by atoms with Crippen LogP contribution in [-0.2, 0) is 31.9 Å². The summed E-state index contributed by atoms with van der Waals surface area (Å²) in [6.07, 6.45) is 1.89. The molecule has 0 saturated heterocycles. The molecule has 0 N–H and O–H groups in total. The molecule has 0 aliphatic carbocycles. The maximum Gasteiger partial charge on any atom is 2.00 e. The average Bonchev–Trinajstić information content (AvgIpc) is 3.70. The fraction of sp³-hybridized carbons (Fsp3) is 0.229. The summed E-state index contributed by atoms with van der Waals surface area (Å²) in [4.78, 5) is 10.0. The molecule has 278 valence electrons. The number of nitrogens with zero attached hydrogens (tertiary/aromatic N) is 5. The second-order valence-corrected chi connectivity index (χ2v) is 16.4. The number of para-hydroxylation sites is 1. The van der Waals surface area contributed by atoms with Crippen LogP contribution in [0.4, 0.5) is 0 Å². The van der Waals surface area contributed by atoms with Gasteiger partial charge in [-0.2, -0.15) is 6.07 Å². The van der Waals surface area contributed by atoms with Crippen molar-refractivity contribution in [3.8, 4) is 51.2 Å². The van der Waals surface area contributed by atoms with Gasteiger partial charge in [-0.1, -0.05) is 119 Å². The van der Waals surface area contributed by atoms with E-state index >= 15 is 0 Å². The zero-order chi connectivity index (χ0) is 37.9. The van der Waals surface area contributed by atoms with Crippen molar-refractivity contribution >= 4 is 21.8 Å². The second kappa shape index (κ2) is 14.4. The van der Waals surface area contributed by atoms with E-state index in [1.165, 1.54) is 22.3 Å². The van der Waals surface area contributed by atoms with Gasteiger partial charge < -0.3 is 19.5 Å². The van der Waals surface area contributed by atoms with Gasteiger partial charge >= 0.3 is 21.1 Å². The van der Waals surface area contributed by atoms with Crippen LogP contribution in [0.1, 0.15) is 69.4 Å². The van der Waals surface area contributed by atoms with Crippen molar-refractivity contribution in [2.45, 2.75) is 73.1 Å². The summed E-state index contributed by atoms with van der Waals surface area (Å²) in [6.45, 7) is 19.7. The molecule has 4 aromatic carbocycles. The quantitative estimate of drug-likeness (QED) is 0.156. The van der Waals surface area contributed by atoms with Crippen molar-refractivity contribution in [1.82, 2.24) is 24.7 Å². The van der Waals surface area contributed by atoms with Gasteiger partial charge in [-0.15, -0.1) is 17.5 Å². The topological polar surface area (TPSA) is 66.9 Å². The molecular formula is C48H45N5OPt. The summed E-state index contributed by atoms with van der Waals surface area (Å²) in [5.41, 5.74) is 13.0. The van der Waals surface area contributed by atoms with Gasteiger partial charge in [0.15, 0.2) is 0 Å². The van der Waals surface area contributed by atoms with Crippen molar-refractivity contribution < 1.29 is 25.8 Å². The van der Waals surface area contributed by atoms with Crippen molar-refractivity contribution in [2.75, 3.05) is 0 Å². The first-order chi connectivity index (χ1) is 25.8. The van der Waals surface area contributed by atoms with Gasteiger partial charge in [0.2, 0.25) is 5.88 Å². The molecule has 0 amide bonds. The number of hydrogen-bond acceptors (Lipinski definition) is 4. The van der Waals surface area contributed by atoms with Crippen molar-refractivity contribution in [1.29, 1.82) is 0 Å². The predicted molar refractivity (Wildman–Crippen MR) is 221 cm³/mol. The van der Waals surface area contributed by atoms with Crippen LogP contribution in [0.25, 0.3) is 61.4 Å². The summed E-state index contributed by atoms with van der Waals surface area (Å²) in [5, 5.41) is 11.9. The van der Waals surface area contributed by atoms with Crippen molar-refractivity contribution in [3.63, 3.8) is 0 Å². The Morgan fingerprint density at radius 3 is 2.09 bits per heavy atom. The molecule has 0 aliphatic heterocycles. The van der Waals surface area contributed by atoms with E-state index in [2.05, 4.69) is 146 Å². The van der Waals surface area contributed by atoms with E-state index in [4.69, 9.17) is 24.9 Å². The Labute approximate surface area is 338 Å². The first-order valence-corrected chi connectivity index (χ1v) is 18.6. The molecule has 0 saturated carbocycles. The molecule has 0 spiro atoms. The molecular weight excluding hydrogens is 858 g/mol. The first-order valence-electron chi connectivity index (χ1n) is 18.6. The van der Waals surface area contributed by atoms with Gasteiger partial charge in [0, 0.05) is 23.5 Å². The number of aromatic nitrogens is 5. The van der Waals surface area contributed by atoms with E-state index in [1.54, 1.807) is 0 Å². The fourth-order valence-electron chi connectivity index (χ4n) is 7.50. The number of aryl methyl sites for hydroxylation is 3. The van der Waals surface area contributed by atoms with Crippen molar-refractivity contribution in [2.24, 2.45) is 0 Å². The molecule has 8 aromatic rings. The molecule has 4 heterocycles. The molecule has 0 fully saturated rings. The van der Waals surface area contributed by atoms with Gasteiger partial charge in [0.25, 0.3) is 0 Å². The largest absolute Gasteiger partial charge is 2.00 e. The zero-order valence-electron chi connectivity index (χ0n) is 32.9. The fourth-order valence-corrected chi connectivity index (χ4v) is 7.50. The van der Waals surface area contributed by atoms with Gasteiger partial charge in [-0.3, -0.25) is 0 Å². The summed E-state index contributed by atoms with van der Waals surface area (Å²) >= 11 is 0. The molecule has 0 aliphatic rings. The summed E-state index contributed by atoms with van der Waals surface area (Å²) in [5.74, 6) is 1.87. The van der Waals surface area contributed by atoms with E-state index in [1.807, 2.05) is 36.5 Å². The molecule has 8 rings (SSSR count). The molecule has 0 bridgehead atoms. The molecule has 55 heavy (non-hydrogen) atoms. The number of rotatable bonds is 6. The molecule has 0 radical (unpaired) electrons. The van der Waals surface area contributed by atoms with E-state index in [0.717, 1.165) is 61.3 Å². The summed E-state index contributed by atoms with van der Waals surface area (Å²) in [7, 11) is 0. The standard InChI is InChI=1S/C48H45N5O.Pt/c1-29-23-30(2)43(31(3)24-29)44-45(32-15-11-10-12-16-32)51-52-46(44)38-25-34(48(7,8)9)27-42(50-38)54-35-19-20-37-36-17-13-14-18-39(36)53(40(37)28-35)41-26-33(21-22-49-41)47(4,5)6;/h10-27H,1-9H3;/q-2;+2. The smallest absolute Gasteiger partial charge is 0.573 e. The van der Waals surface area contributed by atoms with Crippen LogP contribution in [0.3, 0.4) is 0 Å². The summed E-state index contributed by atoms with van der Waals surface area (Å²) in [6, 6.07) is 39.3. The maximum absolute atomic E-state index is 6.70. The molecule has 7 heteroatoms. The molecule has 0 atom stereocenters. The van der Waals surface area contributed by atoms with Crippen LogP contribution in [0.5, 0.6) is 11.6 Å². The molecule has 4 aromatic heterocycles. The normalized spacial score (nSPS) is 11.9. The van der Waals surface area contributed by atoms with E-state index in [9.17, 15) is 0 Å². The predicted octanol–water partition coefficient (Wildman–Crippen LogP) is 12.0. The molecule has 6 nitrogen and oxygen atoms in total. The van der Waals surface area contributed by atoms with E-state index in [-0.39, 0.29) is 31.9 Å². The minimum absolute atomic E-state index is 0. The minimum Gasteiger partial charge on any atom is -0.573 e. The Hall–Kier alpha value is -5.32. The van der Waals surface area contributed by atoms with Crippen LogP contribution in [0.2, 0.25) is 0 Å². The summed E-state index contributed by atoms with van der Waals surface area (Å²) < 4.78 is 8.88. The Morgan fingerprint density at radius 1 is 0.691 bits per heavy atom. The van der Waals surface area contributed by atoms with Gasteiger partial charge in [0.05, 0.1) is 11.4 Å². The van der Waals surface area contributed by atoms with E-state index in [0.29, 0.717) is 17.3 Å². The van der Waals surface area contributed by atoms with Crippen LogP contribution in [0.15, 0.2) is 109 Å². The van der Waals surface area contributed by atoms with Crippen LogP contribution in [0, 0.1) is 26.8 Å². The number of fused-ring (bicyclic) bond motifs is 3. The molecule has 0 unspecified atom stereocenters. The number of benzene rings is 4. The third kappa shape index (κ3) is 7.16. The average molecular weight is 903 g/mol. The van der Waals surface area contributed by atoms with Crippen LogP contribution < -0.4 is 9.84 Å². The van der Waals surface area contributed by atoms with Gasteiger partial charge in [-0.25, -0.2) is 9.97 Å². The van der Waals surface area contributed by atoms with Crippen molar-refractivity contribution in [3.05, 3.63) is 143 Å². The second-order valence-electron chi connectivity index (χ2n) is 16.4. The van der Waals surface area contributed by atoms with Gasteiger partial charge in [-0.05, 0) is 100 Å². The Morgan fingerprint density at radius 2 is 1.38 bits per heavy atom. The number of pyridine rings is 2. The third-order valence-electron chi connectivity index (χ3n) is 10.2. The Balaban J connectivity index is 0.00000465. The monoisotopic (exact) mass is 902 g/mol. The SMILES string of the molecule is Cc1cc(C)c(-c2c(-c3ccccc3)n[n-]c2-c2cc(C(C)(C)C)cc(Oc3[c-]c4c(cc3)c3ccccc3n4-c3cc(C(C)(C)C)ccn3)n2)c(C)c1.[Pt+2]. The number of ether oxygens (including phenoxy) is 1. The number of hydrogen-bond donors (Lipinski definition) is 0. The maximum atomic E-state index is 6.70. The van der Waals surface area contributed by atoms with E-state index < -0.39 is 0 Å². The minimum atomic E-state index is -0.197. The third-order valence-corrected chi connectivity index (χ3v) is 10.2. The Kier molecular flexibility index (Phi) is 9.94.